The first kappa shape index (κ1) is 16.7. The molecule has 1 aromatic rings. The van der Waals surface area contributed by atoms with E-state index < -0.39 is 6.04 Å². The van der Waals surface area contributed by atoms with Crippen molar-refractivity contribution in [3.63, 3.8) is 0 Å². The van der Waals surface area contributed by atoms with Crippen molar-refractivity contribution < 1.29 is 4.79 Å². The molecule has 1 amide bonds. The quantitative estimate of drug-likeness (QED) is 0.823. The molecule has 0 fully saturated rings. The van der Waals surface area contributed by atoms with Crippen molar-refractivity contribution in [3.05, 3.63) is 35.9 Å². The Morgan fingerprint density at radius 2 is 1.75 bits per heavy atom. The maximum Gasteiger partial charge on any atom is 0.240 e. The van der Waals surface area contributed by atoms with Gasteiger partial charge in [0.2, 0.25) is 5.91 Å². The van der Waals surface area contributed by atoms with Crippen LogP contribution in [0, 0.1) is 5.92 Å². The molecule has 1 atom stereocenters. The summed E-state index contributed by atoms with van der Waals surface area (Å²) in [5, 5.41) is 0. The molecule has 0 saturated heterocycles. The maximum absolute atomic E-state index is 12.5. The summed E-state index contributed by atoms with van der Waals surface area (Å²) in [6, 6.07) is 9.61. The molecule has 20 heavy (non-hydrogen) atoms. The van der Waals surface area contributed by atoms with Crippen molar-refractivity contribution in [1.29, 1.82) is 0 Å². The predicted molar refractivity (Wildman–Crippen MR) is 83.2 cm³/mol. The molecule has 0 aliphatic rings. The highest BCUT2D eigenvalue weighted by Gasteiger charge is 2.23. The molecule has 4 nitrogen and oxygen atoms in total. The monoisotopic (exact) mass is 277 g/mol. The first-order valence-electron chi connectivity index (χ1n) is 7.15. The van der Waals surface area contributed by atoms with Crippen LogP contribution in [0.2, 0.25) is 0 Å². The van der Waals surface area contributed by atoms with Crippen LogP contribution in [0.1, 0.15) is 19.4 Å². The zero-order valence-corrected chi connectivity index (χ0v) is 13.0. The average molecular weight is 277 g/mol. The minimum Gasteiger partial charge on any atom is -0.336 e. The molecule has 1 aromatic carbocycles. The summed E-state index contributed by atoms with van der Waals surface area (Å²) >= 11 is 0. The van der Waals surface area contributed by atoms with Gasteiger partial charge in [0.25, 0.3) is 0 Å². The van der Waals surface area contributed by atoms with Crippen LogP contribution < -0.4 is 5.73 Å². The second-order valence-corrected chi connectivity index (χ2v) is 5.82. The van der Waals surface area contributed by atoms with E-state index in [1.807, 2.05) is 63.2 Å². The van der Waals surface area contributed by atoms with Crippen LogP contribution in [0.4, 0.5) is 0 Å². The fraction of sp³-hybridized carbons (Fsp3) is 0.562. The number of amides is 1. The number of carbonyl (C=O) groups is 1. The minimum atomic E-state index is -0.430. The molecule has 0 aliphatic heterocycles. The van der Waals surface area contributed by atoms with Crippen molar-refractivity contribution in [3.8, 4) is 0 Å². The third-order valence-electron chi connectivity index (χ3n) is 3.35. The van der Waals surface area contributed by atoms with Crippen LogP contribution in [-0.4, -0.2) is 48.9 Å². The third kappa shape index (κ3) is 5.31. The molecule has 0 aliphatic carbocycles. The van der Waals surface area contributed by atoms with Gasteiger partial charge in [-0.1, -0.05) is 44.2 Å². The smallest absolute Gasteiger partial charge is 0.240 e. The summed E-state index contributed by atoms with van der Waals surface area (Å²) in [5.41, 5.74) is 7.15. The fourth-order valence-electron chi connectivity index (χ4n) is 1.89. The number of nitrogens with two attached hydrogens (primary N) is 1. The SMILES string of the molecule is CC(C)[C@H](N)C(=O)N(CCN(C)C)Cc1ccccc1. The Labute approximate surface area is 122 Å². The Kier molecular flexibility index (Phi) is 6.68. The van der Waals surface area contributed by atoms with Crippen LogP contribution in [0.25, 0.3) is 0 Å². The molecule has 0 heterocycles. The number of carbonyl (C=O) groups excluding carboxylic acids is 1. The van der Waals surface area contributed by atoms with Crippen molar-refractivity contribution in [1.82, 2.24) is 9.80 Å². The molecular formula is C16H27N3O. The molecule has 2 N–H and O–H groups in total. The van der Waals surface area contributed by atoms with E-state index in [0.717, 1.165) is 12.1 Å². The largest absolute Gasteiger partial charge is 0.336 e. The Hall–Kier alpha value is -1.39. The van der Waals surface area contributed by atoms with Gasteiger partial charge in [0.1, 0.15) is 0 Å². The second-order valence-electron chi connectivity index (χ2n) is 5.82. The molecule has 0 unspecified atom stereocenters. The van der Waals surface area contributed by atoms with E-state index >= 15 is 0 Å². The highest BCUT2D eigenvalue weighted by molar-refractivity contribution is 5.81. The third-order valence-corrected chi connectivity index (χ3v) is 3.35. The topological polar surface area (TPSA) is 49.6 Å². The molecule has 0 spiro atoms. The van der Waals surface area contributed by atoms with Gasteiger partial charge in [-0.3, -0.25) is 4.79 Å². The Morgan fingerprint density at radius 3 is 2.25 bits per heavy atom. The number of hydrogen-bond donors (Lipinski definition) is 1. The molecule has 0 saturated carbocycles. The number of benzene rings is 1. The number of nitrogens with zero attached hydrogens (tertiary/aromatic N) is 2. The standard InChI is InChI=1S/C16H27N3O/c1-13(2)15(17)16(20)19(11-10-18(3)4)12-14-8-6-5-7-9-14/h5-9,13,15H,10-12,17H2,1-4H3/t15-/m0/s1. The highest BCUT2D eigenvalue weighted by Crippen LogP contribution is 2.09. The molecule has 0 aromatic heterocycles. The summed E-state index contributed by atoms with van der Waals surface area (Å²) < 4.78 is 0. The normalized spacial score (nSPS) is 12.8. The first-order valence-corrected chi connectivity index (χ1v) is 7.15. The Balaban J connectivity index is 2.76. The number of rotatable bonds is 7. The second kappa shape index (κ2) is 8.02. The van der Waals surface area contributed by atoms with Crippen LogP contribution in [-0.2, 0) is 11.3 Å². The lowest BCUT2D eigenvalue weighted by molar-refractivity contribution is -0.134. The molecule has 1 rings (SSSR count). The lowest BCUT2D eigenvalue weighted by Gasteiger charge is -2.28. The van der Waals surface area contributed by atoms with Gasteiger partial charge in [0, 0.05) is 19.6 Å². The van der Waals surface area contributed by atoms with Crippen molar-refractivity contribution in [2.45, 2.75) is 26.4 Å². The van der Waals surface area contributed by atoms with Gasteiger partial charge in [-0.2, -0.15) is 0 Å². The summed E-state index contributed by atoms with van der Waals surface area (Å²) in [6.45, 7) is 6.11. The predicted octanol–water partition coefficient (Wildman–Crippen LogP) is 1.56. The fourth-order valence-corrected chi connectivity index (χ4v) is 1.89. The van der Waals surface area contributed by atoms with E-state index in [2.05, 4.69) is 4.90 Å². The molecular weight excluding hydrogens is 250 g/mol. The Bertz CT molecular complexity index is 403. The van der Waals surface area contributed by atoms with E-state index in [9.17, 15) is 4.79 Å². The van der Waals surface area contributed by atoms with Gasteiger partial charge in [-0.05, 0) is 25.6 Å². The summed E-state index contributed by atoms with van der Waals surface area (Å²) in [4.78, 5) is 16.4. The number of likely N-dealkylation sites (N-methyl/N-ethyl adjacent to an activating group) is 1. The molecule has 0 bridgehead atoms. The van der Waals surface area contributed by atoms with Crippen LogP contribution in [0.5, 0.6) is 0 Å². The average Bonchev–Trinajstić information content (AvgIpc) is 2.42. The summed E-state index contributed by atoms with van der Waals surface area (Å²) in [5.74, 6) is 0.186. The van der Waals surface area contributed by atoms with Crippen LogP contribution in [0.3, 0.4) is 0 Å². The minimum absolute atomic E-state index is 0.0331. The van der Waals surface area contributed by atoms with Gasteiger partial charge in [0.15, 0.2) is 0 Å². The van der Waals surface area contributed by atoms with E-state index in [0.29, 0.717) is 13.1 Å². The molecule has 4 heteroatoms. The Morgan fingerprint density at radius 1 is 1.15 bits per heavy atom. The van der Waals surface area contributed by atoms with Gasteiger partial charge < -0.3 is 15.5 Å². The lowest BCUT2D eigenvalue weighted by atomic mass is 10.0. The zero-order chi connectivity index (χ0) is 15.1. The van der Waals surface area contributed by atoms with E-state index in [4.69, 9.17) is 5.73 Å². The van der Waals surface area contributed by atoms with Crippen molar-refractivity contribution in [2.24, 2.45) is 11.7 Å². The van der Waals surface area contributed by atoms with Crippen LogP contribution in [0.15, 0.2) is 30.3 Å². The van der Waals surface area contributed by atoms with E-state index in [-0.39, 0.29) is 11.8 Å². The maximum atomic E-state index is 12.5. The number of hydrogen-bond acceptors (Lipinski definition) is 3. The van der Waals surface area contributed by atoms with Crippen LogP contribution >= 0.6 is 0 Å². The van der Waals surface area contributed by atoms with Crippen molar-refractivity contribution in [2.75, 3.05) is 27.2 Å². The molecule has 0 radical (unpaired) electrons. The molecule has 112 valence electrons. The van der Waals surface area contributed by atoms with Gasteiger partial charge in [0.05, 0.1) is 6.04 Å². The van der Waals surface area contributed by atoms with Gasteiger partial charge in [-0.25, -0.2) is 0 Å². The van der Waals surface area contributed by atoms with E-state index in [1.165, 1.54) is 0 Å². The highest BCUT2D eigenvalue weighted by atomic mass is 16.2. The first-order chi connectivity index (χ1) is 9.41. The van der Waals surface area contributed by atoms with Gasteiger partial charge >= 0.3 is 0 Å². The lowest BCUT2D eigenvalue weighted by Crippen LogP contribution is -2.48. The van der Waals surface area contributed by atoms with Gasteiger partial charge in [-0.15, -0.1) is 0 Å². The summed E-state index contributed by atoms with van der Waals surface area (Å²) in [6.07, 6.45) is 0. The van der Waals surface area contributed by atoms with Crippen molar-refractivity contribution >= 4 is 5.91 Å². The van der Waals surface area contributed by atoms with E-state index in [1.54, 1.807) is 0 Å². The summed E-state index contributed by atoms with van der Waals surface area (Å²) in [7, 11) is 4.01. The zero-order valence-electron chi connectivity index (χ0n) is 13.0.